The molecule has 0 saturated carbocycles. The van der Waals surface area contributed by atoms with E-state index in [0.717, 1.165) is 17.1 Å². The van der Waals surface area contributed by atoms with Crippen molar-refractivity contribution in [3.63, 3.8) is 0 Å². The van der Waals surface area contributed by atoms with E-state index in [2.05, 4.69) is 257 Å². The molecule has 0 amide bonds. The van der Waals surface area contributed by atoms with Gasteiger partial charge in [-0.05, 0) is 167 Å². The van der Waals surface area contributed by atoms with Crippen molar-refractivity contribution in [2.24, 2.45) is 0 Å². The Hall–Kier alpha value is -7.74. The molecule has 0 fully saturated rings. The SMILES string of the molecule is CC1(C)c2ccccc2-c2cc3c(cc21)-c1cc(-c2ccc(N(c4ccc(-c5ccccc5)cc4)c4ccc(-c5ccccc5)cc4)cc2)cc(-c2ccc4ccccc4c2)c1C3(C)C. The van der Waals surface area contributed by atoms with Crippen molar-refractivity contribution >= 4 is 27.8 Å². The molecule has 10 aromatic carbocycles. The van der Waals surface area contributed by atoms with Crippen LogP contribution in [-0.2, 0) is 10.8 Å². The number of anilines is 3. The highest BCUT2D eigenvalue weighted by atomic mass is 15.1. The highest BCUT2D eigenvalue weighted by Crippen LogP contribution is 2.58. The predicted octanol–water partition coefficient (Wildman–Crippen LogP) is 17.6. The minimum atomic E-state index is -0.211. The van der Waals surface area contributed by atoms with E-state index in [1.54, 1.807) is 0 Å². The van der Waals surface area contributed by atoms with E-state index in [0.29, 0.717) is 0 Å². The normalized spacial score (nSPS) is 13.8. The Morgan fingerprint density at radius 2 is 0.692 bits per heavy atom. The Labute approximate surface area is 383 Å². The third-order valence-corrected chi connectivity index (χ3v) is 14.4. The summed E-state index contributed by atoms with van der Waals surface area (Å²) in [5.74, 6) is 0. The fourth-order valence-corrected chi connectivity index (χ4v) is 11.0. The summed E-state index contributed by atoms with van der Waals surface area (Å²) in [5.41, 5.74) is 23.9. The molecular weight excluding hydrogens is 783 g/mol. The molecule has 2 aliphatic rings. The van der Waals surface area contributed by atoms with Gasteiger partial charge in [0.05, 0.1) is 0 Å². The predicted molar refractivity (Wildman–Crippen MR) is 276 cm³/mol. The van der Waals surface area contributed by atoms with Gasteiger partial charge < -0.3 is 4.90 Å². The van der Waals surface area contributed by atoms with E-state index in [9.17, 15) is 0 Å². The Morgan fingerprint density at radius 1 is 0.262 bits per heavy atom. The van der Waals surface area contributed by atoms with Crippen LogP contribution in [-0.4, -0.2) is 0 Å². The summed E-state index contributed by atoms with van der Waals surface area (Å²) in [6.07, 6.45) is 0. The number of benzene rings is 10. The standard InChI is InChI=1S/C64H49N/c1-63(2)59-22-14-13-21-54(59)56-40-61-57(41-60(56)63)58-39-50(38-55(62(58)64(61,3)4)49-24-23-44-19-11-12-20-48(44)37-49)47-29-35-53(36-30-47)65(51-31-25-45(26-32-51)42-15-7-5-8-16-42)52-33-27-46(28-34-52)43-17-9-6-10-18-43/h5-41H,1-4H3. The maximum atomic E-state index is 2.54. The molecule has 1 nitrogen and oxygen atoms in total. The number of hydrogen-bond donors (Lipinski definition) is 0. The first-order chi connectivity index (χ1) is 31.7. The molecule has 0 radical (unpaired) electrons. The lowest BCUT2D eigenvalue weighted by Gasteiger charge is -2.27. The second-order valence-corrected chi connectivity index (χ2v) is 19.0. The molecule has 0 saturated heterocycles. The first-order valence-electron chi connectivity index (χ1n) is 22.9. The molecule has 1 heteroatoms. The Morgan fingerprint density at radius 3 is 1.28 bits per heavy atom. The summed E-state index contributed by atoms with van der Waals surface area (Å²) in [6.45, 7) is 9.65. The van der Waals surface area contributed by atoms with Crippen LogP contribution in [0.1, 0.15) is 49.9 Å². The van der Waals surface area contributed by atoms with Crippen LogP contribution < -0.4 is 4.90 Å². The number of fused-ring (bicyclic) bond motifs is 7. The summed E-state index contributed by atoms with van der Waals surface area (Å²) < 4.78 is 0. The van der Waals surface area contributed by atoms with Crippen molar-refractivity contribution in [3.05, 3.63) is 247 Å². The molecule has 0 bridgehead atoms. The van der Waals surface area contributed by atoms with E-state index >= 15 is 0 Å². The molecule has 0 heterocycles. The van der Waals surface area contributed by atoms with E-state index in [1.807, 2.05) is 0 Å². The minimum absolute atomic E-state index is 0.0852. The highest BCUT2D eigenvalue weighted by Gasteiger charge is 2.43. The smallest absolute Gasteiger partial charge is 0.0462 e. The van der Waals surface area contributed by atoms with Crippen molar-refractivity contribution in [2.75, 3.05) is 4.90 Å². The van der Waals surface area contributed by atoms with Crippen LogP contribution in [0.2, 0.25) is 0 Å². The van der Waals surface area contributed by atoms with Gasteiger partial charge in [-0.1, -0.05) is 185 Å². The zero-order valence-corrected chi connectivity index (χ0v) is 37.3. The molecular formula is C64H49N. The van der Waals surface area contributed by atoms with Gasteiger partial charge in [-0.2, -0.15) is 0 Å². The monoisotopic (exact) mass is 831 g/mol. The molecule has 0 unspecified atom stereocenters. The van der Waals surface area contributed by atoms with Gasteiger partial charge in [-0.3, -0.25) is 0 Å². The Bertz CT molecular complexity index is 3350. The second kappa shape index (κ2) is 14.9. The van der Waals surface area contributed by atoms with Crippen LogP contribution >= 0.6 is 0 Å². The zero-order chi connectivity index (χ0) is 43.9. The molecule has 0 aromatic heterocycles. The molecule has 0 N–H and O–H groups in total. The molecule has 2 aliphatic carbocycles. The topological polar surface area (TPSA) is 3.24 Å². The molecule has 0 aliphatic heterocycles. The first-order valence-corrected chi connectivity index (χ1v) is 22.9. The van der Waals surface area contributed by atoms with Gasteiger partial charge in [0.25, 0.3) is 0 Å². The quantitative estimate of drug-likeness (QED) is 0.155. The van der Waals surface area contributed by atoms with Gasteiger partial charge in [-0.15, -0.1) is 0 Å². The summed E-state index contributed by atoms with van der Waals surface area (Å²) in [6, 6.07) is 83.1. The van der Waals surface area contributed by atoms with Gasteiger partial charge in [0.15, 0.2) is 0 Å². The molecule has 10 aromatic rings. The largest absolute Gasteiger partial charge is 0.311 e. The van der Waals surface area contributed by atoms with Gasteiger partial charge in [0.2, 0.25) is 0 Å². The zero-order valence-electron chi connectivity index (χ0n) is 37.3. The molecule has 65 heavy (non-hydrogen) atoms. The number of nitrogens with zero attached hydrogens (tertiary/aromatic N) is 1. The number of rotatable bonds is 7. The summed E-state index contributed by atoms with van der Waals surface area (Å²) >= 11 is 0. The van der Waals surface area contributed by atoms with Crippen LogP contribution in [0.3, 0.4) is 0 Å². The van der Waals surface area contributed by atoms with Crippen molar-refractivity contribution < 1.29 is 0 Å². The molecule has 12 rings (SSSR count). The Kier molecular flexibility index (Phi) is 8.94. The van der Waals surface area contributed by atoms with E-state index in [-0.39, 0.29) is 10.8 Å². The fourth-order valence-electron chi connectivity index (χ4n) is 11.0. The van der Waals surface area contributed by atoms with E-state index < -0.39 is 0 Å². The lowest BCUT2D eigenvalue weighted by Crippen LogP contribution is -2.17. The average Bonchev–Trinajstić information content (AvgIpc) is 3.73. The van der Waals surface area contributed by atoms with Crippen molar-refractivity contribution in [1.29, 1.82) is 0 Å². The van der Waals surface area contributed by atoms with Gasteiger partial charge in [0.1, 0.15) is 0 Å². The lowest BCUT2D eigenvalue weighted by atomic mass is 9.77. The van der Waals surface area contributed by atoms with Crippen LogP contribution in [0.5, 0.6) is 0 Å². The average molecular weight is 832 g/mol. The van der Waals surface area contributed by atoms with Crippen molar-refractivity contribution in [1.82, 2.24) is 0 Å². The van der Waals surface area contributed by atoms with Crippen LogP contribution in [0.25, 0.3) is 77.5 Å². The van der Waals surface area contributed by atoms with Gasteiger partial charge >= 0.3 is 0 Å². The summed E-state index contributed by atoms with van der Waals surface area (Å²) in [4.78, 5) is 2.37. The Balaban J connectivity index is 0.997. The third kappa shape index (κ3) is 6.37. The summed E-state index contributed by atoms with van der Waals surface area (Å²) in [7, 11) is 0. The fraction of sp³-hybridized carbons (Fsp3) is 0.0938. The van der Waals surface area contributed by atoms with E-state index in [4.69, 9.17) is 0 Å². The van der Waals surface area contributed by atoms with E-state index in [1.165, 1.54) is 99.8 Å². The van der Waals surface area contributed by atoms with Gasteiger partial charge in [0, 0.05) is 27.9 Å². The summed E-state index contributed by atoms with van der Waals surface area (Å²) in [5, 5.41) is 2.52. The first kappa shape index (κ1) is 38.9. The third-order valence-electron chi connectivity index (χ3n) is 14.4. The van der Waals surface area contributed by atoms with Crippen LogP contribution in [0, 0.1) is 0 Å². The highest BCUT2D eigenvalue weighted by molar-refractivity contribution is 5.97. The molecule has 0 atom stereocenters. The number of hydrogen-bond acceptors (Lipinski definition) is 1. The van der Waals surface area contributed by atoms with Crippen molar-refractivity contribution in [3.8, 4) is 66.8 Å². The van der Waals surface area contributed by atoms with Crippen LogP contribution in [0.15, 0.2) is 224 Å². The van der Waals surface area contributed by atoms with Gasteiger partial charge in [-0.25, -0.2) is 0 Å². The van der Waals surface area contributed by atoms with Crippen molar-refractivity contribution in [2.45, 2.75) is 38.5 Å². The second-order valence-electron chi connectivity index (χ2n) is 19.0. The van der Waals surface area contributed by atoms with Crippen LogP contribution in [0.4, 0.5) is 17.1 Å². The molecule has 0 spiro atoms. The minimum Gasteiger partial charge on any atom is -0.311 e. The molecule has 310 valence electrons. The maximum Gasteiger partial charge on any atom is 0.0462 e. The lowest BCUT2D eigenvalue weighted by molar-refractivity contribution is 0.653. The maximum absolute atomic E-state index is 2.54.